The van der Waals surface area contributed by atoms with E-state index >= 15 is 0 Å². The van der Waals surface area contributed by atoms with Crippen LogP contribution in [-0.4, -0.2) is 17.6 Å². The predicted molar refractivity (Wildman–Crippen MR) is 55.1 cm³/mol. The van der Waals surface area contributed by atoms with E-state index in [4.69, 9.17) is 27.3 Å². The van der Waals surface area contributed by atoms with Gasteiger partial charge < -0.3 is 10.8 Å². The molecule has 0 radical (unpaired) electrons. The van der Waals surface area contributed by atoms with Gasteiger partial charge in [-0.2, -0.15) is 5.48 Å². The van der Waals surface area contributed by atoms with Crippen LogP contribution in [0.25, 0.3) is 0 Å². The number of phenols is 1. The third-order valence-electron chi connectivity index (χ3n) is 1.60. The monoisotopic (exact) mass is 230 g/mol. The van der Waals surface area contributed by atoms with E-state index in [0.29, 0.717) is 6.54 Å². The molecule has 5 nitrogen and oxygen atoms in total. The first-order valence-corrected chi connectivity index (χ1v) is 4.57. The van der Waals surface area contributed by atoms with E-state index in [1.165, 1.54) is 6.07 Å². The van der Waals surface area contributed by atoms with Crippen molar-refractivity contribution in [2.24, 2.45) is 5.73 Å². The van der Waals surface area contributed by atoms with Crippen LogP contribution in [0, 0.1) is 0 Å². The minimum absolute atomic E-state index is 0.0264. The summed E-state index contributed by atoms with van der Waals surface area (Å²) < 4.78 is 0. The zero-order valence-electron chi connectivity index (χ0n) is 7.87. The van der Waals surface area contributed by atoms with Crippen molar-refractivity contribution in [2.45, 2.75) is 6.54 Å². The third-order valence-corrected chi connectivity index (χ3v) is 1.91. The zero-order chi connectivity index (χ0) is 11.3. The number of carbonyl (C=O) groups is 1. The first kappa shape index (κ1) is 11.8. The standard InChI is InChI=1S/C9H11ClN2O3/c10-7-3-6(1-2-8(7)13)4-12-15-5-9(11)14/h1-3,12-13H,4-5H2,(H2,11,14). The highest BCUT2D eigenvalue weighted by Gasteiger charge is 2.00. The number of carbonyl (C=O) groups excluding carboxylic acids is 1. The number of nitrogens with two attached hydrogens (primary N) is 1. The molecule has 0 fully saturated rings. The van der Waals surface area contributed by atoms with Crippen LogP contribution in [0.2, 0.25) is 5.02 Å². The van der Waals surface area contributed by atoms with E-state index in [2.05, 4.69) is 5.48 Å². The number of phenolic OH excluding ortho intramolecular Hbond substituents is 1. The summed E-state index contributed by atoms with van der Waals surface area (Å²) >= 11 is 5.68. The second-order valence-corrected chi connectivity index (χ2v) is 3.27. The first-order valence-electron chi connectivity index (χ1n) is 4.20. The van der Waals surface area contributed by atoms with Crippen LogP contribution in [0.5, 0.6) is 5.75 Å². The van der Waals surface area contributed by atoms with Crippen molar-refractivity contribution >= 4 is 17.5 Å². The van der Waals surface area contributed by atoms with Gasteiger partial charge in [-0.1, -0.05) is 17.7 Å². The summed E-state index contributed by atoms with van der Waals surface area (Å²) in [6.45, 7) is 0.180. The minimum Gasteiger partial charge on any atom is -0.506 e. The van der Waals surface area contributed by atoms with Crippen LogP contribution in [0.4, 0.5) is 0 Å². The molecule has 1 aromatic carbocycles. The van der Waals surface area contributed by atoms with Gasteiger partial charge in [0, 0.05) is 6.54 Å². The number of nitrogens with one attached hydrogen (secondary N) is 1. The molecule has 0 unspecified atom stereocenters. The Bertz CT molecular complexity index is 357. The van der Waals surface area contributed by atoms with Crippen LogP contribution in [0.1, 0.15) is 5.56 Å². The lowest BCUT2D eigenvalue weighted by Crippen LogP contribution is -2.24. The Hall–Kier alpha value is -1.30. The summed E-state index contributed by atoms with van der Waals surface area (Å²) in [6.07, 6.45) is 0. The van der Waals surface area contributed by atoms with Crippen molar-refractivity contribution < 1.29 is 14.7 Å². The quantitative estimate of drug-likeness (QED) is 0.510. The van der Waals surface area contributed by atoms with Crippen molar-refractivity contribution in [1.82, 2.24) is 5.48 Å². The van der Waals surface area contributed by atoms with Crippen molar-refractivity contribution in [1.29, 1.82) is 0 Å². The lowest BCUT2D eigenvalue weighted by molar-refractivity contribution is -0.125. The van der Waals surface area contributed by atoms with Gasteiger partial charge in [0.2, 0.25) is 5.91 Å². The van der Waals surface area contributed by atoms with E-state index in [-0.39, 0.29) is 17.4 Å². The van der Waals surface area contributed by atoms with Crippen molar-refractivity contribution in [2.75, 3.05) is 6.61 Å². The Balaban J connectivity index is 2.38. The molecule has 0 atom stereocenters. The van der Waals surface area contributed by atoms with Gasteiger partial charge in [0.1, 0.15) is 12.4 Å². The molecule has 1 rings (SSSR count). The largest absolute Gasteiger partial charge is 0.506 e. The molecule has 4 N–H and O–H groups in total. The molecule has 0 aliphatic rings. The number of hydrogen-bond donors (Lipinski definition) is 3. The number of rotatable bonds is 5. The number of benzene rings is 1. The van der Waals surface area contributed by atoms with E-state index < -0.39 is 5.91 Å². The van der Waals surface area contributed by atoms with Gasteiger partial charge in [0.25, 0.3) is 0 Å². The van der Waals surface area contributed by atoms with Crippen molar-refractivity contribution in [3.05, 3.63) is 28.8 Å². The minimum atomic E-state index is -0.550. The summed E-state index contributed by atoms with van der Waals surface area (Å²) in [6, 6.07) is 4.76. The molecule has 0 saturated heterocycles. The van der Waals surface area contributed by atoms with Gasteiger partial charge in [-0.05, 0) is 17.7 Å². The van der Waals surface area contributed by atoms with Crippen LogP contribution in [0.3, 0.4) is 0 Å². The lowest BCUT2D eigenvalue weighted by atomic mass is 10.2. The van der Waals surface area contributed by atoms with Crippen LogP contribution in [0.15, 0.2) is 18.2 Å². The summed E-state index contributed by atoms with van der Waals surface area (Å²) in [4.78, 5) is 15.1. The van der Waals surface area contributed by atoms with E-state index in [1.54, 1.807) is 12.1 Å². The highest BCUT2D eigenvalue weighted by molar-refractivity contribution is 6.32. The molecule has 6 heteroatoms. The molecule has 0 saturated carbocycles. The van der Waals surface area contributed by atoms with Crippen LogP contribution in [-0.2, 0) is 16.2 Å². The third kappa shape index (κ3) is 4.16. The average Bonchev–Trinajstić information content (AvgIpc) is 2.18. The molecule has 1 aromatic rings. The van der Waals surface area contributed by atoms with Gasteiger partial charge in [0.15, 0.2) is 0 Å². The number of amides is 1. The molecule has 0 spiro atoms. The summed E-state index contributed by atoms with van der Waals surface area (Å²) in [5, 5.41) is 9.41. The zero-order valence-corrected chi connectivity index (χ0v) is 8.62. The molecule has 1 amide bonds. The number of hydrogen-bond acceptors (Lipinski definition) is 4. The van der Waals surface area contributed by atoms with E-state index in [1.807, 2.05) is 0 Å². The molecule has 82 valence electrons. The predicted octanol–water partition coefficient (Wildman–Crippen LogP) is 0.552. The number of aromatic hydroxyl groups is 1. The Morgan fingerprint density at radius 3 is 2.93 bits per heavy atom. The molecular formula is C9H11ClN2O3. The number of primary amides is 1. The Morgan fingerprint density at radius 1 is 1.60 bits per heavy atom. The van der Waals surface area contributed by atoms with Gasteiger partial charge in [-0.25, -0.2) is 0 Å². The summed E-state index contributed by atoms with van der Waals surface area (Å²) in [7, 11) is 0. The number of halogens is 1. The smallest absolute Gasteiger partial charge is 0.245 e. The fraction of sp³-hybridized carbons (Fsp3) is 0.222. The van der Waals surface area contributed by atoms with Crippen molar-refractivity contribution in [3.63, 3.8) is 0 Å². The van der Waals surface area contributed by atoms with Gasteiger partial charge in [0.05, 0.1) is 5.02 Å². The topological polar surface area (TPSA) is 84.6 Å². The average molecular weight is 231 g/mol. The second-order valence-electron chi connectivity index (χ2n) is 2.86. The highest BCUT2D eigenvalue weighted by Crippen LogP contribution is 2.23. The fourth-order valence-corrected chi connectivity index (χ4v) is 1.12. The molecule has 0 bridgehead atoms. The Morgan fingerprint density at radius 2 is 2.33 bits per heavy atom. The van der Waals surface area contributed by atoms with E-state index in [9.17, 15) is 4.79 Å². The molecule has 0 heterocycles. The summed E-state index contributed by atoms with van der Waals surface area (Å²) in [5.74, 6) is -0.523. The summed E-state index contributed by atoms with van der Waals surface area (Å²) in [5.41, 5.74) is 8.22. The molecule has 0 aliphatic carbocycles. The molecule has 0 aromatic heterocycles. The number of hydroxylamine groups is 1. The van der Waals surface area contributed by atoms with Crippen LogP contribution >= 0.6 is 11.6 Å². The maximum absolute atomic E-state index is 10.3. The molecule has 15 heavy (non-hydrogen) atoms. The van der Waals surface area contributed by atoms with Gasteiger partial charge in [-0.15, -0.1) is 0 Å². The molecular weight excluding hydrogens is 220 g/mol. The van der Waals surface area contributed by atoms with Gasteiger partial charge in [-0.3, -0.25) is 9.63 Å². The normalized spacial score (nSPS) is 10.2. The van der Waals surface area contributed by atoms with Gasteiger partial charge >= 0.3 is 0 Å². The fourth-order valence-electron chi connectivity index (χ4n) is 0.917. The van der Waals surface area contributed by atoms with E-state index in [0.717, 1.165) is 5.56 Å². The second kappa shape index (κ2) is 5.55. The maximum atomic E-state index is 10.3. The Labute approximate surface area is 91.7 Å². The SMILES string of the molecule is NC(=O)CONCc1ccc(O)c(Cl)c1. The first-order chi connectivity index (χ1) is 7.09. The highest BCUT2D eigenvalue weighted by atomic mass is 35.5. The van der Waals surface area contributed by atoms with Crippen LogP contribution < -0.4 is 11.2 Å². The maximum Gasteiger partial charge on any atom is 0.245 e. The van der Waals surface area contributed by atoms with Crippen molar-refractivity contribution in [3.8, 4) is 5.75 Å². The Kier molecular flexibility index (Phi) is 4.36. The molecule has 0 aliphatic heterocycles. The lowest BCUT2D eigenvalue weighted by Gasteiger charge is -2.05.